The van der Waals surface area contributed by atoms with Crippen LogP contribution in [0.25, 0.3) is 0 Å². The molecule has 0 unspecified atom stereocenters. The van der Waals surface area contributed by atoms with Crippen LogP contribution < -0.4 is 5.32 Å². The molecule has 3 rings (SSSR count). The minimum atomic E-state index is -0.314. The molecule has 1 amide bonds. The number of hydrogen-bond donors (Lipinski definition) is 2. The van der Waals surface area contributed by atoms with Crippen LogP contribution in [0.5, 0.6) is 5.75 Å². The number of hydrogen-bond acceptors (Lipinski definition) is 2. The van der Waals surface area contributed by atoms with E-state index in [0.29, 0.717) is 5.92 Å². The highest BCUT2D eigenvalue weighted by atomic mass is 16.3. The van der Waals surface area contributed by atoms with Crippen LogP contribution in [0, 0.1) is 5.92 Å². The normalized spacial score (nSPS) is 15.4. The third kappa shape index (κ3) is 3.55. The van der Waals surface area contributed by atoms with Crippen molar-refractivity contribution in [2.24, 2.45) is 5.92 Å². The highest BCUT2D eigenvalue weighted by molar-refractivity contribution is 5.81. The van der Waals surface area contributed by atoms with Crippen LogP contribution in [0.2, 0.25) is 0 Å². The van der Waals surface area contributed by atoms with E-state index in [9.17, 15) is 9.90 Å². The molecule has 3 heteroatoms. The smallest absolute Gasteiger partial charge is 0.223 e. The summed E-state index contributed by atoms with van der Waals surface area (Å²) < 4.78 is 0. The van der Waals surface area contributed by atoms with Crippen LogP contribution in [0.1, 0.15) is 55.3 Å². The molecule has 1 aliphatic carbocycles. The van der Waals surface area contributed by atoms with E-state index in [2.05, 4.69) is 31.3 Å². The van der Waals surface area contributed by atoms with Crippen molar-refractivity contribution in [3.63, 3.8) is 0 Å². The quantitative estimate of drug-likeness (QED) is 0.872. The highest BCUT2D eigenvalue weighted by Gasteiger charge is 2.32. The number of aromatic hydroxyl groups is 1. The Bertz CT molecular complexity index is 687. The molecule has 0 aromatic heterocycles. The monoisotopic (exact) mass is 309 g/mol. The van der Waals surface area contributed by atoms with Crippen LogP contribution in [-0.2, 0) is 4.79 Å². The molecule has 0 heterocycles. The lowest BCUT2D eigenvalue weighted by Gasteiger charge is -2.21. The molecular formula is C20H23NO2. The second-order valence-corrected chi connectivity index (χ2v) is 6.60. The Morgan fingerprint density at radius 3 is 2.22 bits per heavy atom. The summed E-state index contributed by atoms with van der Waals surface area (Å²) >= 11 is 0. The van der Waals surface area contributed by atoms with E-state index < -0.39 is 0 Å². The van der Waals surface area contributed by atoms with Crippen LogP contribution in [-0.4, -0.2) is 11.0 Å². The molecule has 2 N–H and O–H groups in total. The van der Waals surface area contributed by atoms with E-state index in [1.165, 1.54) is 5.56 Å². The Morgan fingerprint density at radius 2 is 1.65 bits per heavy atom. The molecule has 23 heavy (non-hydrogen) atoms. The van der Waals surface area contributed by atoms with Gasteiger partial charge in [0.25, 0.3) is 0 Å². The maximum atomic E-state index is 12.3. The van der Waals surface area contributed by atoms with E-state index in [4.69, 9.17) is 0 Å². The summed E-state index contributed by atoms with van der Waals surface area (Å²) in [6, 6.07) is 15.2. The second kappa shape index (κ2) is 6.45. The predicted octanol–water partition coefficient (Wildman–Crippen LogP) is 4.13. The molecule has 0 bridgehead atoms. The topological polar surface area (TPSA) is 49.3 Å². The van der Waals surface area contributed by atoms with Gasteiger partial charge in [-0.25, -0.2) is 0 Å². The molecule has 1 fully saturated rings. The standard InChI is InChI=1S/C20H23NO2/c1-13(2)14-7-9-15(10-8-14)19(21-20(23)16-11-12-16)17-5-3-4-6-18(17)22/h3-10,13,16,19,22H,11-12H2,1-2H3,(H,21,23)/t19-/m1/s1. The van der Waals surface area contributed by atoms with Gasteiger partial charge in [-0.05, 0) is 36.0 Å². The number of carbonyl (C=O) groups excluding carboxylic acids is 1. The van der Waals surface area contributed by atoms with Gasteiger partial charge < -0.3 is 10.4 Å². The van der Waals surface area contributed by atoms with Gasteiger partial charge >= 0.3 is 0 Å². The van der Waals surface area contributed by atoms with Gasteiger partial charge in [-0.2, -0.15) is 0 Å². The first-order chi connectivity index (χ1) is 11.1. The number of phenols is 1. The SMILES string of the molecule is CC(C)c1ccc([C@@H](NC(=O)C2CC2)c2ccccc2O)cc1. The molecule has 0 spiro atoms. The van der Waals surface area contributed by atoms with Gasteiger partial charge in [0.05, 0.1) is 6.04 Å². The number of rotatable bonds is 5. The molecule has 0 aliphatic heterocycles. The van der Waals surface area contributed by atoms with E-state index in [0.717, 1.165) is 24.0 Å². The van der Waals surface area contributed by atoms with Crippen LogP contribution >= 0.6 is 0 Å². The average molecular weight is 309 g/mol. The van der Waals surface area contributed by atoms with E-state index in [-0.39, 0.29) is 23.6 Å². The summed E-state index contributed by atoms with van der Waals surface area (Å²) in [7, 11) is 0. The van der Waals surface area contributed by atoms with Gasteiger partial charge in [0.1, 0.15) is 5.75 Å². The lowest BCUT2D eigenvalue weighted by molar-refractivity contribution is -0.122. The van der Waals surface area contributed by atoms with E-state index in [1.54, 1.807) is 12.1 Å². The molecule has 2 aromatic carbocycles. The third-order valence-corrected chi connectivity index (χ3v) is 4.42. The summed E-state index contributed by atoms with van der Waals surface area (Å²) in [6.45, 7) is 4.31. The number of para-hydroxylation sites is 1. The van der Waals surface area contributed by atoms with Crippen molar-refractivity contribution in [2.45, 2.75) is 38.6 Å². The fraction of sp³-hybridized carbons (Fsp3) is 0.350. The summed E-state index contributed by atoms with van der Waals surface area (Å²) in [5, 5.41) is 13.3. The van der Waals surface area contributed by atoms with Gasteiger partial charge in [0, 0.05) is 11.5 Å². The van der Waals surface area contributed by atoms with Crippen molar-refractivity contribution in [3.8, 4) is 5.75 Å². The van der Waals surface area contributed by atoms with Crippen molar-refractivity contribution in [1.29, 1.82) is 0 Å². The lowest BCUT2D eigenvalue weighted by Crippen LogP contribution is -2.30. The molecule has 2 aromatic rings. The molecule has 3 nitrogen and oxygen atoms in total. The molecule has 1 saturated carbocycles. The number of nitrogens with one attached hydrogen (secondary N) is 1. The Kier molecular flexibility index (Phi) is 4.37. The Hall–Kier alpha value is -2.29. The first-order valence-electron chi connectivity index (χ1n) is 8.24. The van der Waals surface area contributed by atoms with Crippen molar-refractivity contribution < 1.29 is 9.90 Å². The Balaban J connectivity index is 1.93. The van der Waals surface area contributed by atoms with Crippen LogP contribution in [0.4, 0.5) is 0 Å². The highest BCUT2D eigenvalue weighted by Crippen LogP contribution is 2.33. The van der Waals surface area contributed by atoms with Crippen molar-refractivity contribution >= 4 is 5.91 Å². The largest absolute Gasteiger partial charge is 0.508 e. The summed E-state index contributed by atoms with van der Waals surface area (Å²) in [4.78, 5) is 12.3. The van der Waals surface area contributed by atoms with E-state index in [1.807, 2.05) is 24.3 Å². The zero-order valence-corrected chi connectivity index (χ0v) is 13.6. The zero-order chi connectivity index (χ0) is 16.4. The maximum Gasteiger partial charge on any atom is 0.223 e. The second-order valence-electron chi connectivity index (χ2n) is 6.60. The van der Waals surface area contributed by atoms with Gasteiger partial charge in [0.15, 0.2) is 0 Å². The van der Waals surface area contributed by atoms with Gasteiger partial charge in [-0.1, -0.05) is 56.3 Å². The molecule has 1 aliphatic rings. The third-order valence-electron chi connectivity index (χ3n) is 4.42. The average Bonchev–Trinajstić information content (AvgIpc) is 3.38. The van der Waals surface area contributed by atoms with Crippen LogP contribution in [0.15, 0.2) is 48.5 Å². The van der Waals surface area contributed by atoms with Crippen LogP contribution in [0.3, 0.4) is 0 Å². The lowest BCUT2D eigenvalue weighted by atomic mass is 9.94. The molecular weight excluding hydrogens is 286 g/mol. The molecule has 0 radical (unpaired) electrons. The number of amides is 1. The maximum absolute atomic E-state index is 12.3. The minimum Gasteiger partial charge on any atom is -0.508 e. The molecule has 1 atom stereocenters. The number of phenolic OH excluding ortho intramolecular Hbond substituents is 1. The zero-order valence-electron chi connectivity index (χ0n) is 13.6. The molecule has 0 saturated heterocycles. The van der Waals surface area contributed by atoms with Crippen molar-refractivity contribution in [3.05, 3.63) is 65.2 Å². The molecule has 120 valence electrons. The fourth-order valence-electron chi connectivity index (χ4n) is 2.75. The Morgan fingerprint density at radius 1 is 1.04 bits per heavy atom. The minimum absolute atomic E-state index is 0.0752. The van der Waals surface area contributed by atoms with Crippen molar-refractivity contribution in [2.75, 3.05) is 0 Å². The predicted molar refractivity (Wildman–Crippen MR) is 91.3 cm³/mol. The van der Waals surface area contributed by atoms with Crippen molar-refractivity contribution in [1.82, 2.24) is 5.32 Å². The fourth-order valence-corrected chi connectivity index (χ4v) is 2.75. The number of carbonyl (C=O) groups is 1. The summed E-state index contributed by atoms with van der Waals surface area (Å²) in [5.74, 6) is 0.889. The van der Waals surface area contributed by atoms with Gasteiger partial charge in [-0.3, -0.25) is 4.79 Å². The summed E-state index contributed by atoms with van der Waals surface area (Å²) in [5.41, 5.74) is 2.99. The number of benzene rings is 2. The Labute approximate surface area is 137 Å². The first kappa shape index (κ1) is 15.6. The van der Waals surface area contributed by atoms with Gasteiger partial charge in [-0.15, -0.1) is 0 Å². The first-order valence-corrected chi connectivity index (χ1v) is 8.24. The summed E-state index contributed by atoms with van der Waals surface area (Å²) in [6.07, 6.45) is 1.93. The van der Waals surface area contributed by atoms with Gasteiger partial charge in [0.2, 0.25) is 5.91 Å². The van der Waals surface area contributed by atoms with E-state index >= 15 is 0 Å².